The van der Waals surface area contributed by atoms with Crippen molar-refractivity contribution in [3.8, 4) is 23.0 Å². The summed E-state index contributed by atoms with van der Waals surface area (Å²) in [5.74, 6) is 2.83. The molecule has 5 rings (SSSR count). The molecule has 0 spiro atoms. The van der Waals surface area contributed by atoms with Gasteiger partial charge in [-0.15, -0.1) is 0 Å². The van der Waals surface area contributed by atoms with Gasteiger partial charge in [-0.1, -0.05) is 0 Å². The Morgan fingerprint density at radius 1 is 1.03 bits per heavy atom. The van der Waals surface area contributed by atoms with Crippen molar-refractivity contribution in [1.29, 1.82) is 0 Å². The predicted octanol–water partition coefficient (Wildman–Crippen LogP) is 3.50. The number of morpholine rings is 1. The van der Waals surface area contributed by atoms with Crippen LogP contribution in [0.15, 0.2) is 30.0 Å². The number of benzene rings is 2. The van der Waals surface area contributed by atoms with Crippen LogP contribution in [0.5, 0.6) is 23.0 Å². The molecule has 1 fully saturated rings. The summed E-state index contributed by atoms with van der Waals surface area (Å²) in [7, 11) is 3.20. The normalized spacial score (nSPS) is 19.2. The summed E-state index contributed by atoms with van der Waals surface area (Å²) >= 11 is 0. The largest absolute Gasteiger partial charge is 0.497 e. The number of ketones is 1. The number of rotatable bonds is 7. The van der Waals surface area contributed by atoms with E-state index in [1.165, 1.54) is 0 Å². The fraction of sp³-hybridized carbons (Fsp3) is 0.444. The molecule has 8 nitrogen and oxygen atoms in total. The molecule has 3 aliphatic heterocycles. The lowest BCUT2D eigenvalue weighted by atomic mass is 10.00. The van der Waals surface area contributed by atoms with Crippen molar-refractivity contribution in [1.82, 2.24) is 9.80 Å². The first-order valence-electron chi connectivity index (χ1n) is 12.1. The number of Topliss-reactive ketones (excluding diaryl/α,β-unsaturated/α-hetero) is 1. The fourth-order valence-corrected chi connectivity index (χ4v) is 4.88. The number of carbonyl (C=O) groups excluding carboxylic acids is 1. The molecule has 0 unspecified atom stereocenters. The highest BCUT2D eigenvalue weighted by Crippen LogP contribution is 2.43. The van der Waals surface area contributed by atoms with Gasteiger partial charge in [0.15, 0.2) is 5.76 Å². The van der Waals surface area contributed by atoms with Crippen LogP contribution in [0.25, 0.3) is 6.08 Å². The SMILES string of the molecule is COc1ccc(OC)c(C=C2Oc3c(cc4c(c3C)OCN(CCCN3CCOCC3)C4)C2=O)c1. The van der Waals surface area contributed by atoms with Crippen LogP contribution in [0.1, 0.15) is 33.5 Å². The first kappa shape index (κ1) is 23.7. The number of methoxy groups -OCH3 is 2. The molecule has 2 aromatic rings. The van der Waals surface area contributed by atoms with E-state index < -0.39 is 0 Å². The third kappa shape index (κ3) is 4.87. The Labute approximate surface area is 206 Å². The van der Waals surface area contributed by atoms with Crippen LogP contribution in [0.3, 0.4) is 0 Å². The van der Waals surface area contributed by atoms with Gasteiger partial charge in [0.05, 0.1) is 33.0 Å². The molecular weight excluding hydrogens is 448 g/mol. The van der Waals surface area contributed by atoms with E-state index >= 15 is 0 Å². The smallest absolute Gasteiger partial charge is 0.231 e. The molecule has 0 saturated carbocycles. The molecule has 0 aromatic heterocycles. The summed E-state index contributed by atoms with van der Waals surface area (Å²) in [5.41, 5.74) is 3.18. The van der Waals surface area contributed by atoms with Gasteiger partial charge in [0.2, 0.25) is 5.78 Å². The summed E-state index contributed by atoms with van der Waals surface area (Å²) in [5, 5.41) is 0. The lowest BCUT2D eigenvalue weighted by Crippen LogP contribution is -2.39. The van der Waals surface area contributed by atoms with Crippen LogP contribution in [0.2, 0.25) is 0 Å². The van der Waals surface area contributed by atoms with Crippen LogP contribution < -0.4 is 18.9 Å². The topological polar surface area (TPSA) is 69.7 Å². The molecule has 186 valence electrons. The van der Waals surface area contributed by atoms with Crippen LogP contribution in [0.4, 0.5) is 0 Å². The predicted molar refractivity (Wildman–Crippen MR) is 131 cm³/mol. The molecule has 3 heterocycles. The van der Waals surface area contributed by atoms with E-state index in [0.717, 1.165) is 69.2 Å². The molecule has 0 aliphatic carbocycles. The maximum Gasteiger partial charge on any atom is 0.231 e. The number of hydrogen-bond acceptors (Lipinski definition) is 8. The minimum atomic E-state index is -0.139. The molecule has 8 heteroatoms. The third-order valence-corrected chi connectivity index (χ3v) is 6.78. The van der Waals surface area contributed by atoms with Crippen LogP contribution in [-0.2, 0) is 11.3 Å². The number of carbonyl (C=O) groups is 1. The molecule has 0 bridgehead atoms. The highest BCUT2D eigenvalue weighted by Gasteiger charge is 2.33. The number of fused-ring (bicyclic) bond motifs is 2. The Morgan fingerprint density at radius 2 is 1.83 bits per heavy atom. The Morgan fingerprint density at radius 3 is 2.60 bits per heavy atom. The van der Waals surface area contributed by atoms with Gasteiger partial charge in [0.25, 0.3) is 0 Å². The van der Waals surface area contributed by atoms with Crippen molar-refractivity contribution in [2.45, 2.75) is 19.9 Å². The second-order valence-corrected chi connectivity index (χ2v) is 9.05. The average molecular weight is 481 g/mol. The standard InChI is InChI=1S/C27H32N2O6/c1-18-26-20(16-29(17-34-26)8-4-7-28-9-11-33-12-10-28)14-22-25(30)24(35-27(18)22)15-19-13-21(31-2)5-6-23(19)32-3/h5-6,13-15H,4,7-12,16-17H2,1-3H3. The second kappa shape index (κ2) is 10.3. The van der Waals surface area contributed by atoms with Crippen molar-refractivity contribution in [2.24, 2.45) is 0 Å². The van der Waals surface area contributed by atoms with E-state index in [1.807, 2.05) is 31.2 Å². The van der Waals surface area contributed by atoms with Crippen molar-refractivity contribution >= 4 is 11.9 Å². The van der Waals surface area contributed by atoms with Crippen molar-refractivity contribution < 1.29 is 28.5 Å². The van der Waals surface area contributed by atoms with E-state index in [0.29, 0.717) is 35.1 Å². The molecule has 1 saturated heterocycles. The van der Waals surface area contributed by atoms with Crippen molar-refractivity contribution in [3.05, 3.63) is 52.3 Å². The number of nitrogens with zero attached hydrogens (tertiary/aromatic N) is 2. The average Bonchev–Trinajstić information content (AvgIpc) is 3.20. The maximum absolute atomic E-state index is 13.3. The number of allylic oxidation sites excluding steroid dienone is 1. The minimum Gasteiger partial charge on any atom is -0.497 e. The lowest BCUT2D eigenvalue weighted by molar-refractivity contribution is 0.0329. The van der Waals surface area contributed by atoms with E-state index in [-0.39, 0.29) is 11.5 Å². The lowest BCUT2D eigenvalue weighted by Gasteiger charge is -2.31. The third-order valence-electron chi connectivity index (χ3n) is 6.78. The molecular formula is C27H32N2O6. The first-order valence-corrected chi connectivity index (χ1v) is 12.1. The highest BCUT2D eigenvalue weighted by molar-refractivity contribution is 6.15. The molecule has 0 N–H and O–H groups in total. The van der Waals surface area contributed by atoms with E-state index in [4.69, 9.17) is 23.7 Å². The van der Waals surface area contributed by atoms with Crippen molar-refractivity contribution in [2.75, 3.05) is 60.3 Å². The van der Waals surface area contributed by atoms with Gasteiger partial charge in [-0.2, -0.15) is 0 Å². The zero-order chi connectivity index (χ0) is 24.4. The quantitative estimate of drug-likeness (QED) is 0.558. The van der Waals surface area contributed by atoms with Gasteiger partial charge in [0, 0.05) is 42.9 Å². The monoisotopic (exact) mass is 480 g/mol. The Bertz CT molecular complexity index is 1140. The summed E-state index contributed by atoms with van der Waals surface area (Å²) in [6.45, 7) is 8.89. The molecule has 0 radical (unpaired) electrons. The minimum absolute atomic E-state index is 0.139. The second-order valence-electron chi connectivity index (χ2n) is 9.05. The first-order chi connectivity index (χ1) is 17.1. The summed E-state index contributed by atoms with van der Waals surface area (Å²) in [4.78, 5) is 18.0. The van der Waals surface area contributed by atoms with E-state index in [1.54, 1.807) is 20.3 Å². The van der Waals surface area contributed by atoms with Gasteiger partial charge in [0.1, 0.15) is 29.7 Å². The summed E-state index contributed by atoms with van der Waals surface area (Å²) in [6.07, 6.45) is 2.78. The van der Waals surface area contributed by atoms with Crippen LogP contribution >= 0.6 is 0 Å². The number of ether oxygens (including phenoxy) is 5. The van der Waals surface area contributed by atoms with Gasteiger partial charge in [-0.25, -0.2) is 0 Å². The Balaban J connectivity index is 1.32. The molecule has 0 atom stereocenters. The molecule has 35 heavy (non-hydrogen) atoms. The Hall–Kier alpha value is -3.07. The van der Waals surface area contributed by atoms with Gasteiger partial charge in [-0.05, 0) is 50.2 Å². The summed E-state index contributed by atoms with van der Waals surface area (Å²) in [6, 6.07) is 7.37. The zero-order valence-corrected chi connectivity index (χ0v) is 20.6. The van der Waals surface area contributed by atoms with Gasteiger partial charge < -0.3 is 23.7 Å². The molecule has 0 amide bonds. The van der Waals surface area contributed by atoms with Crippen molar-refractivity contribution in [3.63, 3.8) is 0 Å². The Kier molecular flexibility index (Phi) is 6.95. The van der Waals surface area contributed by atoms with Crippen LogP contribution in [-0.4, -0.2) is 75.9 Å². The van der Waals surface area contributed by atoms with E-state index in [9.17, 15) is 4.79 Å². The van der Waals surface area contributed by atoms with Gasteiger partial charge in [-0.3, -0.25) is 14.6 Å². The molecule has 3 aliphatic rings. The number of hydrogen-bond donors (Lipinski definition) is 0. The van der Waals surface area contributed by atoms with Crippen LogP contribution in [0, 0.1) is 6.92 Å². The fourth-order valence-electron chi connectivity index (χ4n) is 4.88. The van der Waals surface area contributed by atoms with E-state index in [2.05, 4.69) is 9.80 Å². The van der Waals surface area contributed by atoms with Gasteiger partial charge >= 0.3 is 0 Å². The molecule has 2 aromatic carbocycles. The zero-order valence-electron chi connectivity index (χ0n) is 20.6. The summed E-state index contributed by atoms with van der Waals surface area (Å²) < 4.78 is 28.4. The highest BCUT2D eigenvalue weighted by atomic mass is 16.5. The maximum atomic E-state index is 13.3.